The second kappa shape index (κ2) is 5.64. The Hall–Kier alpha value is -2.38. The topological polar surface area (TPSA) is 124 Å². The van der Waals surface area contributed by atoms with Crippen LogP contribution in [-0.2, 0) is 4.79 Å². The first kappa shape index (κ1) is 12.7. The molecule has 1 rings (SSSR count). The number of nitrogens with zero attached hydrogens (tertiary/aromatic N) is 1. The van der Waals surface area contributed by atoms with E-state index < -0.39 is 17.6 Å². The van der Waals surface area contributed by atoms with Crippen LogP contribution >= 0.6 is 0 Å². The quantitative estimate of drug-likeness (QED) is 0.573. The Morgan fingerprint density at radius 3 is 2.82 bits per heavy atom. The summed E-state index contributed by atoms with van der Waals surface area (Å²) in [6.45, 7) is 1.65. The van der Waals surface area contributed by atoms with E-state index in [1.165, 1.54) is 6.07 Å². The zero-order valence-corrected chi connectivity index (χ0v) is 9.11. The standard InChI is InChI=1S/C9H12N4O4/c1-5-4-6(14)12-8(11-5)13-9(17)10-3-2-7(15)16/h4H,2-3H2,1H3,(H,15,16)(H3,10,11,12,13,14,17). The maximum absolute atomic E-state index is 11.2. The van der Waals surface area contributed by atoms with Crippen LogP contribution in [0.15, 0.2) is 10.9 Å². The zero-order valence-electron chi connectivity index (χ0n) is 9.11. The third kappa shape index (κ3) is 4.78. The van der Waals surface area contributed by atoms with Crippen molar-refractivity contribution < 1.29 is 14.7 Å². The Labute approximate surface area is 96.1 Å². The molecule has 4 N–H and O–H groups in total. The van der Waals surface area contributed by atoms with Gasteiger partial charge in [-0.05, 0) is 6.92 Å². The monoisotopic (exact) mass is 240 g/mol. The van der Waals surface area contributed by atoms with Gasteiger partial charge < -0.3 is 15.4 Å². The normalized spacial score (nSPS) is 9.71. The minimum atomic E-state index is -1.01. The number of aromatic amines is 1. The van der Waals surface area contributed by atoms with Gasteiger partial charge in [0.15, 0.2) is 0 Å². The van der Waals surface area contributed by atoms with Gasteiger partial charge in [0.25, 0.3) is 5.56 Å². The first-order chi connectivity index (χ1) is 7.97. The predicted molar refractivity (Wildman–Crippen MR) is 58.9 cm³/mol. The number of hydrogen-bond acceptors (Lipinski definition) is 4. The number of aryl methyl sites for hydroxylation is 1. The molecule has 2 amide bonds. The zero-order chi connectivity index (χ0) is 12.8. The highest BCUT2D eigenvalue weighted by atomic mass is 16.4. The number of aromatic nitrogens is 2. The molecular formula is C9H12N4O4. The summed E-state index contributed by atoms with van der Waals surface area (Å²) >= 11 is 0. The Balaban J connectivity index is 2.50. The fourth-order valence-corrected chi connectivity index (χ4v) is 1.07. The van der Waals surface area contributed by atoms with E-state index in [4.69, 9.17) is 5.11 Å². The van der Waals surface area contributed by atoms with Crippen molar-refractivity contribution in [2.75, 3.05) is 11.9 Å². The van der Waals surface area contributed by atoms with E-state index >= 15 is 0 Å². The molecule has 17 heavy (non-hydrogen) atoms. The molecule has 0 saturated heterocycles. The highest BCUT2D eigenvalue weighted by molar-refractivity contribution is 5.87. The van der Waals surface area contributed by atoms with Crippen LogP contribution in [0.5, 0.6) is 0 Å². The van der Waals surface area contributed by atoms with E-state index in [9.17, 15) is 14.4 Å². The summed E-state index contributed by atoms with van der Waals surface area (Å²) in [5.41, 5.74) is 0.0907. The number of carboxylic acid groups (broad SMARTS) is 1. The number of carbonyl (C=O) groups excluding carboxylic acids is 1. The van der Waals surface area contributed by atoms with Crippen molar-refractivity contribution in [3.05, 3.63) is 22.1 Å². The molecule has 0 fully saturated rings. The van der Waals surface area contributed by atoms with Crippen LogP contribution in [0.2, 0.25) is 0 Å². The second-order valence-electron chi connectivity index (χ2n) is 3.28. The van der Waals surface area contributed by atoms with Crippen LogP contribution in [0.25, 0.3) is 0 Å². The molecule has 0 unspecified atom stereocenters. The molecule has 1 aromatic rings. The number of H-pyrrole nitrogens is 1. The number of nitrogens with one attached hydrogen (secondary N) is 3. The van der Waals surface area contributed by atoms with Crippen LogP contribution in [0.1, 0.15) is 12.1 Å². The van der Waals surface area contributed by atoms with E-state index in [-0.39, 0.29) is 18.9 Å². The molecule has 8 nitrogen and oxygen atoms in total. The van der Waals surface area contributed by atoms with E-state index in [2.05, 4.69) is 20.6 Å². The number of anilines is 1. The summed E-state index contributed by atoms with van der Waals surface area (Å²) in [6, 6.07) is 0.660. The number of amides is 2. The van der Waals surface area contributed by atoms with Gasteiger partial charge in [0.1, 0.15) is 0 Å². The average molecular weight is 240 g/mol. The van der Waals surface area contributed by atoms with Crippen LogP contribution < -0.4 is 16.2 Å². The maximum Gasteiger partial charge on any atom is 0.321 e. The molecule has 0 bridgehead atoms. The van der Waals surface area contributed by atoms with Crippen molar-refractivity contribution >= 4 is 17.9 Å². The summed E-state index contributed by atoms with van der Waals surface area (Å²) in [5.74, 6) is -0.991. The van der Waals surface area contributed by atoms with Crippen molar-refractivity contribution in [1.29, 1.82) is 0 Å². The van der Waals surface area contributed by atoms with Crippen LogP contribution in [0.4, 0.5) is 10.7 Å². The van der Waals surface area contributed by atoms with Crippen molar-refractivity contribution in [2.24, 2.45) is 0 Å². The lowest BCUT2D eigenvalue weighted by molar-refractivity contribution is -0.136. The molecule has 8 heteroatoms. The molecule has 1 heterocycles. The highest BCUT2D eigenvalue weighted by Gasteiger charge is 2.04. The fourth-order valence-electron chi connectivity index (χ4n) is 1.07. The molecule has 0 aromatic carbocycles. The molecule has 92 valence electrons. The first-order valence-electron chi connectivity index (χ1n) is 4.82. The Morgan fingerprint density at radius 1 is 1.53 bits per heavy atom. The van der Waals surface area contributed by atoms with E-state index in [0.29, 0.717) is 5.69 Å². The number of carboxylic acids is 1. The summed E-state index contributed by atoms with van der Waals surface area (Å²) in [7, 11) is 0. The Morgan fingerprint density at radius 2 is 2.24 bits per heavy atom. The van der Waals surface area contributed by atoms with Crippen molar-refractivity contribution in [3.63, 3.8) is 0 Å². The molecule has 0 aliphatic rings. The van der Waals surface area contributed by atoms with Gasteiger partial charge in [0.05, 0.1) is 6.42 Å². The van der Waals surface area contributed by atoms with E-state index in [0.717, 1.165) is 0 Å². The molecule has 0 radical (unpaired) electrons. The largest absolute Gasteiger partial charge is 0.481 e. The SMILES string of the molecule is Cc1cc(=O)nc(NC(=O)NCCC(=O)O)[nH]1. The minimum absolute atomic E-state index is 0.00276. The smallest absolute Gasteiger partial charge is 0.321 e. The molecular weight excluding hydrogens is 228 g/mol. The van der Waals surface area contributed by atoms with Gasteiger partial charge >= 0.3 is 12.0 Å². The molecule has 0 saturated carbocycles. The average Bonchev–Trinajstić information content (AvgIpc) is 2.14. The van der Waals surface area contributed by atoms with Crippen LogP contribution in [-0.4, -0.2) is 33.6 Å². The Kier molecular flexibility index (Phi) is 4.21. The lowest BCUT2D eigenvalue weighted by atomic mass is 10.4. The van der Waals surface area contributed by atoms with E-state index in [1.54, 1.807) is 6.92 Å². The fraction of sp³-hybridized carbons (Fsp3) is 0.333. The van der Waals surface area contributed by atoms with Crippen molar-refractivity contribution in [3.8, 4) is 0 Å². The lowest BCUT2D eigenvalue weighted by Gasteiger charge is -2.05. The number of rotatable bonds is 4. The summed E-state index contributed by atoms with van der Waals surface area (Å²) in [5, 5.41) is 13.0. The van der Waals surface area contributed by atoms with Crippen molar-refractivity contribution in [2.45, 2.75) is 13.3 Å². The molecule has 0 aliphatic carbocycles. The summed E-state index contributed by atoms with van der Waals surface area (Å²) in [6.07, 6.45) is -0.175. The number of urea groups is 1. The maximum atomic E-state index is 11.2. The predicted octanol–water partition coefficient (Wildman–Crippen LogP) is -0.325. The third-order valence-electron chi connectivity index (χ3n) is 1.73. The molecule has 1 aromatic heterocycles. The van der Waals surface area contributed by atoms with Crippen molar-refractivity contribution in [1.82, 2.24) is 15.3 Å². The van der Waals surface area contributed by atoms with Gasteiger partial charge in [0, 0.05) is 18.3 Å². The molecule has 0 spiro atoms. The summed E-state index contributed by atoms with van der Waals surface area (Å²) in [4.78, 5) is 38.6. The van der Waals surface area contributed by atoms with Crippen LogP contribution in [0.3, 0.4) is 0 Å². The number of hydrogen-bond donors (Lipinski definition) is 4. The summed E-state index contributed by atoms with van der Waals surface area (Å²) < 4.78 is 0. The van der Waals surface area contributed by atoms with Gasteiger partial charge in [-0.3, -0.25) is 14.9 Å². The van der Waals surface area contributed by atoms with Gasteiger partial charge in [-0.2, -0.15) is 4.98 Å². The van der Waals surface area contributed by atoms with Gasteiger partial charge in [-0.15, -0.1) is 0 Å². The van der Waals surface area contributed by atoms with Crippen LogP contribution in [0, 0.1) is 6.92 Å². The number of carbonyl (C=O) groups is 2. The minimum Gasteiger partial charge on any atom is -0.481 e. The third-order valence-corrected chi connectivity index (χ3v) is 1.73. The second-order valence-corrected chi connectivity index (χ2v) is 3.28. The van der Waals surface area contributed by atoms with Gasteiger partial charge in [0.2, 0.25) is 5.95 Å². The highest BCUT2D eigenvalue weighted by Crippen LogP contribution is 1.94. The van der Waals surface area contributed by atoms with E-state index in [1.807, 2.05) is 0 Å². The van der Waals surface area contributed by atoms with Gasteiger partial charge in [-0.25, -0.2) is 4.79 Å². The molecule has 0 atom stereocenters. The molecule has 0 aliphatic heterocycles. The van der Waals surface area contributed by atoms with Gasteiger partial charge in [-0.1, -0.05) is 0 Å². The number of aliphatic carboxylic acids is 1. The first-order valence-corrected chi connectivity index (χ1v) is 4.82. The lowest BCUT2D eigenvalue weighted by Crippen LogP contribution is -2.32. The Bertz CT molecular complexity index is 482.